The van der Waals surface area contributed by atoms with Crippen molar-refractivity contribution in [1.29, 1.82) is 0 Å². The summed E-state index contributed by atoms with van der Waals surface area (Å²) in [7, 11) is 0. The van der Waals surface area contributed by atoms with Gasteiger partial charge in [0.2, 0.25) is 0 Å². The first-order valence-corrected chi connectivity index (χ1v) is 9.64. The van der Waals surface area contributed by atoms with Gasteiger partial charge in [0.1, 0.15) is 5.82 Å². The Labute approximate surface area is 131 Å². The second-order valence-corrected chi connectivity index (χ2v) is 8.08. The molecule has 0 aliphatic heterocycles. The van der Waals surface area contributed by atoms with Crippen molar-refractivity contribution < 1.29 is 0 Å². The summed E-state index contributed by atoms with van der Waals surface area (Å²) < 4.78 is 2.44. The molecule has 4 rings (SSSR count). The van der Waals surface area contributed by atoms with Crippen LogP contribution in [0.1, 0.15) is 75.6 Å². The average Bonchev–Trinajstić information content (AvgIpc) is 3.44. The molecular weight excluding hydrogens is 280 g/mol. The predicted octanol–water partition coefficient (Wildman–Crippen LogP) is 3.49. The van der Waals surface area contributed by atoms with Gasteiger partial charge in [-0.1, -0.05) is 31.0 Å². The molecule has 2 N–H and O–H groups in total. The molecule has 3 saturated carbocycles. The zero-order chi connectivity index (χ0) is 14.2. The lowest BCUT2D eigenvalue weighted by molar-refractivity contribution is 0.319. The minimum Gasteiger partial charge on any atom is -0.327 e. The first-order chi connectivity index (χ1) is 10.3. The monoisotopic (exact) mass is 306 g/mol. The first-order valence-electron chi connectivity index (χ1n) is 8.66. The SMILES string of the molecule is NC(CSc1nnc(C2CC2)n1C1CC1)C1CCCCC1. The lowest BCUT2D eigenvalue weighted by atomic mass is 9.85. The summed E-state index contributed by atoms with van der Waals surface area (Å²) in [5, 5.41) is 10.1. The van der Waals surface area contributed by atoms with Gasteiger partial charge in [-0.3, -0.25) is 0 Å². The maximum atomic E-state index is 6.44. The Hall–Kier alpha value is -0.550. The molecule has 3 aliphatic rings. The van der Waals surface area contributed by atoms with E-state index in [0.717, 1.165) is 16.8 Å². The van der Waals surface area contributed by atoms with Crippen LogP contribution in [-0.4, -0.2) is 26.6 Å². The molecule has 0 spiro atoms. The van der Waals surface area contributed by atoms with Crippen LogP contribution >= 0.6 is 11.8 Å². The van der Waals surface area contributed by atoms with E-state index in [4.69, 9.17) is 5.73 Å². The van der Waals surface area contributed by atoms with Crippen LogP contribution in [0.2, 0.25) is 0 Å². The quantitative estimate of drug-likeness (QED) is 0.817. The van der Waals surface area contributed by atoms with E-state index in [0.29, 0.717) is 18.0 Å². The molecule has 0 saturated heterocycles. The molecule has 1 atom stereocenters. The fourth-order valence-electron chi connectivity index (χ4n) is 3.55. The van der Waals surface area contributed by atoms with Gasteiger partial charge in [-0.05, 0) is 44.4 Å². The van der Waals surface area contributed by atoms with E-state index < -0.39 is 0 Å². The van der Waals surface area contributed by atoms with Crippen LogP contribution in [0.4, 0.5) is 0 Å². The van der Waals surface area contributed by atoms with E-state index in [2.05, 4.69) is 14.8 Å². The normalized spacial score (nSPS) is 25.2. The van der Waals surface area contributed by atoms with Crippen molar-refractivity contribution in [2.45, 2.75) is 80.9 Å². The molecule has 0 bridgehead atoms. The van der Waals surface area contributed by atoms with Crippen LogP contribution in [0, 0.1) is 5.92 Å². The smallest absolute Gasteiger partial charge is 0.191 e. The van der Waals surface area contributed by atoms with Crippen LogP contribution in [-0.2, 0) is 0 Å². The lowest BCUT2D eigenvalue weighted by Gasteiger charge is -2.27. The highest BCUT2D eigenvalue weighted by Gasteiger charge is 2.36. The van der Waals surface area contributed by atoms with E-state index >= 15 is 0 Å². The molecule has 3 aliphatic carbocycles. The van der Waals surface area contributed by atoms with Crippen LogP contribution in [0.15, 0.2) is 5.16 Å². The van der Waals surface area contributed by atoms with Gasteiger partial charge in [-0.2, -0.15) is 0 Å². The van der Waals surface area contributed by atoms with Crippen LogP contribution in [0.25, 0.3) is 0 Å². The Kier molecular flexibility index (Phi) is 3.96. The molecule has 3 fully saturated rings. The summed E-state index contributed by atoms with van der Waals surface area (Å²) in [6.07, 6.45) is 12.0. The van der Waals surface area contributed by atoms with Gasteiger partial charge in [-0.15, -0.1) is 10.2 Å². The van der Waals surface area contributed by atoms with Crippen molar-refractivity contribution in [2.24, 2.45) is 11.7 Å². The summed E-state index contributed by atoms with van der Waals surface area (Å²) in [5.41, 5.74) is 6.44. The minimum absolute atomic E-state index is 0.323. The number of thioether (sulfide) groups is 1. The first kappa shape index (κ1) is 14.1. The van der Waals surface area contributed by atoms with E-state index in [9.17, 15) is 0 Å². The van der Waals surface area contributed by atoms with Gasteiger partial charge in [-0.25, -0.2) is 0 Å². The van der Waals surface area contributed by atoms with Crippen molar-refractivity contribution in [3.63, 3.8) is 0 Å². The number of nitrogens with zero attached hydrogens (tertiary/aromatic N) is 3. The molecule has 4 nitrogen and oxygen atoms in total. The van der Waals surface area contributed by atoms with E-state index in [1.807, 2.05) is 11.8 Å². The van der Waals surface area contributed by atoms with Gasteiger partial charge in [0.05, 0.1) is 0 Å². The molecule has 0 aromatic carbocycles. The van der Waals surface area contributed by atoms with E-state index in [-0.39, 0.29) is 0 Å². The molecule has 1 unspecified atom stereocenters. The van der Waals surface area contributed by atoms with E-state index in [1.54, 1.807) is 0 Å². The van der Waals surface area contributed by atoms with Gasteiger partial charge in [0.25, 0.3) is 0 Å². The third-order valence-electron chi connectivity index (χ3n) is 5.21. The second kappa shape index (κ2) is 5.92. The lowest BCUT2D eigenvalue weighted by Crippen LogP contribution is -2.33. The van der Waals surface area contributed by atoms with Gasteiger partial charge in [0, 0.05) is 23.8 Å². The summed E-state index contributed by atoms with van der Waals surface area (Å²) in [4.78, 5) is 0. The Morgan fingerprint density at radius 1 is 1.05 bits per heavy atom. The van der Waals surface area contributed by atoms with Crippen molar-refractivity contribution in [2.75, 3.05) is 5.75 Å². The minimum atomic E-state index is 0.323. The topological polar surface area (TPSA) is 56.7 Å². The van der Waals surface area contributed by atoms with Gasteiger partial charge < -0.3 is 10.3 Å². The number of nitrogens with two attached hydrogens (primary N) is 1. The maximum absolute atomic E-state index is 6.44. The molecule has 1 heterocycles. The van der Waals surface area contributed by atoms with Gasteiger partial charge in [0.15, 0.2) is 5.16 Å². The summed E-state index contributed by atoms with van der Waals surface area (Å²) in [5.74, 6) is 3.68. The summed E-state index contributed by atoms with van der Waals surface area (Å²) in [6, 6.07) is 1.01. The molecular formula is C16H26N4S. The zero-order valence-electron chi connectivity index (χ0n) is 12.7. The molecule has 21 heavy (non-hydrogen) atoms. The fourth-order valence-corrected chi connectivity index (χ4v) is 4.65. The Balaban J connectivity index is 1.40. The number of hydrogen-bond donors (Lipinski definition) is 1. The Bertz CT molecular complexity index is 486. The highest BCUT2D eigenvalue weighted by molar-refractivity contribution is 7.99. The molecule has 116 valence electrons. The zero-order valence-corrected chi connectivity index (χ0v) is 13.5. The number of hydrogen-bond acceptors (Lipinski definition) is 4. The average molecular weight is 306 g/mol. The fraction of sp³-hybridized carbons (Fsp3) is 0.875. The van der Waals surface area contributed by atoms with Crippen molar-refractivity contribution in [1.82, 2.24) is 14.8 Å². The van der Waals surface area contributed by atoms with Crippen molar-refractivity contribution in [3.05, 3.63) is 5.82 Å². The second-order valence-electron chi connectivity index (χ2n) is 7.09. The molecule has 0 amide bonds. The molecule has 1 aromatic heterocycles. The van der Waals surface area contributed by atoms with E-state index in [1.165, 1.54) is 63.6 Å². The third-order valence-corrected chi connectivity index (χ3v) is 6.29. The summed E-state index contributed by atoms with van der Waals surface area (Å²) in [6.45, 7) is 0. The highest BCUT2D eigenvalue weighted by Crippen LogP contribution is 2.46. The summed E-state index contributed by atoms with van der Waals surface area (Å²) >= 11 is 1.85. The molecule has 1 aromatic rings. The predicted molar refractivity (Wildman–Crippen MR) is 85.5 cm³/mol. The molecule has 0 radical (unpaired) electrons. The van der Waals surface area contributed by atoms with Crippen LogP contribution in [0.3, 0.4) is 0 Å². The number of rotatable bonds is 6. The Morgan fingerprint density at radius 3 is 2.48 bits per heavy atom. The van der Waals surface area contributed by atoms with Crippen LogP contribution < -0.4 is 5.73 Å². The molecule has 5 heteroatoms. The largest absolute Gasteiger partial charge is 0.327 e. The van der Waals surface area contributed by atoms with Crippen LogP contribution in [0.5, 0.6) is 0 Å². The van der Waals surface area contributed by atoms with Crippen molar-refractivity contribution in [3.8, 4) is 0 Å². The standard InChI is InChI=1S/C16H26N4S/c17-14(11-4-2-1-3-5-11)10-21-16-19-18-15(12-6-7-12)20(16)13-8-9-13/h11-14H,1-10,17H2. The third kappa shape index (κ3) is 3.14. The maximum Gasteiger partial charge on any atom is 0.191 e. The number of aromatic nitrogens is 3. The highest BCUT2D eigenvalue weighted by atomic mass is 32.2. The Morgan fingerprint density at radius 2 is 1.81 bits per heavy atom. The van der Waals surface area contributed by atoms with Gasteiger partial charge >= 0.3 is 0 Å². The van der Waals surface area contributed by atoms with Crippen molar-refractivity contribution >= 4 is 11.8 Å².